The Morgan fingerprint density at radius 2 is 2.15 bits per heavy atom. The second-order valence-electron chi connectivity index (χ2n) is 4.26. The number of carbonyl (C=O) groups excluding carboxylic acids is 1. The minimum absolute atomic E-state index is 0.117. The standard InChI is InChI=1S/C10H20N2O/c1-3-6-12-9(13)7-11-8-10(2)4-5-10/h11H,3-8H2,1-2H3,(H,12,13). The molecule has 0 aromatic heterocycles. The SMILES string of the molecule is CCCNC(=O)CNCC1(C)CC1. The molecule has 0 aliphatic heterocycles. The molecule has 1 fully saturated rings. The van der Waals surface area contributed by atoms with E-state index in [9.17, 15) is 4.79 Å². The third-order valence-electron chi connectivity index (χ3n) is 2.51. The smallest absolute Gasteiger partial charge is 0.233 e. The van der Waals surface area contributed by atoms with Gasteiger partial charge in [0.25, 0.3) is 0 Å². The molecule has 0 heterocycles. The zero-order chi connectivity index (χ0) is 9.73. The highest BCUT2D eigenvalue weighted by molar-refractivity contribution is 5.77. The van der Waals surface area contributed by atoms with Crippen molar-refractivity contribution in [3.8, 4) is 0 Å². The highest BCUT2D eigenvalue weighted by Crippen LogP contribution is 2.43. The van der Waals surface area contributed by atoms with Gasteiger partial charge in [-0.3, -0.25) is 4.79 Å². The molecule has 0 unspecified atom stereocenters. The van der Waals surface area contributed by atoms with Gasteiger partial charge in [-0.15, -0.1) is 0 Å². The Hall–Kier alpha value is -0.570. The molecule has 0 aromatic carbocycles. The Morgan fingerprint density at radius 1 is 1.46 bits per heavy atom. The summed E-state index contributed by atoms with van der Waals surface area (Å²) < 4.78 is 0. The number of nitrogens with one attached hydrogen (secondary N) is 2. The van der Waals surface area contributed by atoms with Crippen LogP contribution < -0.4 is 10.6 Å². The van der Waals surface area contributed by atoms with E-state index in [1.807, 2.05) is 0 Å². The zero-order valence-corrected chi connectivity index (χ0v) is 8.65. The van der Waals surface area contributed by atoms with Crippen LogP contribution in [-0.4, -0.2) is 25.5 Å². The maximum atomic E-state index is 11.1. The van der Waals surface area contributed by atoms with Crippen molar-refractivity contribution in [3.63, 3.8) is 0 Å². The van der Waals surface area contributed by atoms with Crippen LogP contribution in [0.15, 0.2) is 0 Å². The molecule has 0 atom stereocenters. The lowest BCUT2D eigenvalue weighted by Gasteiger charge is -2.09. The summed E-state index contributed by atoms with van der Waals surface area (Å²) in [7, 11) is 0. The van der Waals surface area contributed by atoms with Gasteiger partial charge in [0.1, 0.15) is 0 Å². The summed E-state index contributed by atoms with van der Waals surface area (Å²) in [5, 5.41) is 6.02. The molecule has 1 aliphatic rings. The summed E-state index contributed by atoms with van der Waals surface area (Å²) in [5.41, 5.74) is 0.491. The van der Waals surface area contributed by atoms with Gasteiger partial charge in [-0.2, -0.15) is 0 Å². The largest absolute Gasteiger partial charge is 0.355 e. The highest BCUT2D eigenvalue weighted by Gasteiger charge is 2.36. The second kappa shape index (κ2) is 4.61. The van der Waals surface area contributed by atoms with Crippen molar-refractivity contribution in [2.75, 3.05) is 19.6 Å². The van der Waals surface area contributed by atoms with Gasteiger partial charge in [0.05, 0.1) is 6.54 Å². The van der Waals surface area contributed by atoms with Crippen LogP contribution in [0.2, 0.25) is 0 Å². The fourth-order valence-electron chi connectivity index (χ4n) is 1.19. The van der Waals surface area contributed by atoms with Crippen LogP contribution in [0.5, 0.6) is 0 Å². The van der Waals surface area contributed by atoms with Crippen molar-refractivity contribution >= 4 is 5.91 Å². The normalized spacial score (nSPS) is 18.3. The van der Waals surface area contributed by atoms with Crippen molar-refractivity contribution in [1.29, 1.82) is 0 Å². The topological polar surface area (TPSA) is 41.1 Å². The molecule has 1 rings (SSSR count). The van der Waals surface area contributed by atoms with Gasteiger partial charge in [0.2, 0.25) is 5.91 Å². The first-order chi connectivity index (χ1) is 6.16. The number of amides is 1. The van der Waals surface area contributed by atoms with Crippen LogP contribution in [0.3, 0.4) is 0 Å². The van der Waals surface area contributed by atoms with Crippen LogP contribution in [0.1, 0.15) is 33.1 Å². The van der Waals surface area contributed by atoms with Crippen LogP contribution in [0.4, 0.5) is 0 Å². The monoisotopic (exact) mass is 184 g/mol. The van der Waals surface area contributed by atoms with Crippen molar-refractivity contribution < 1.29 is 4.79 Å². The fraction of sp³-hybridized carbons (Fsp3) is 0.900. The van der Waals surface area contributed by atoms with E-state index in [4.69, 9.17) is 0 Å². The van der Waals surface area contributed by atoms with Crippen molar-refractivity contribution in [1.82, 2.24) is 10.6 Å². The molecule has 3 nitrogen and oxygen atoms in total. The molecule has 0 radical (unpaired) electrons. The number of carbonyl (C=O) groups is 1. The Balaban J connectivity index is 1.95. The summed E-state index contributed by atoms with van der Waals surface area (Å²) in [4.78, 5) is 11.1. The van der Waals surface area contributed by atoms with E-state index >= 15 is 0 Å². The summed E-state index contributed by atoms with van der Waals surface area (Å²) in [6.45, 7) is 6.54. The minimum atomic E-state index is 0.117. The average Bonchev–Trinajstić information content (AvgIpc) is 2.80. The lowest BCUT2D eigenvalue weighted by molar-refractivity contribution is -0.120. The maximum Gasteiger partial charge on any atom is 0.233 e. The van der Waals surface area contributed by atoms with Gasteiger partial charge in [-0.1, -0.05) is 13.8 Å². The lowest BCUT2D eigenvalue weighted by Crippen LogP contribution is -2.36. The molecular weight excluding hydrogens is 164 g/mol. The number of hydrogen-bond donors (Lipinski definition) is 2. The highest BCUT2D eigenvalue weighted by atomic mass is 16.1. The summed E-state index contributed by atoms with van der Waals surface area (Å²) in [6, 6.07) is 0. The quantitative estimate of drug-likeness (QED) is 0.644. The first-order valence-electron chi connectivity index (χ1n) is 5.14. The molecule has 0 spiro atoms. The molecule has 1 aliphatic carbocycles. The van der Waals surface area contributed by atoms with Gasteiger partial charge < -0.3 is 10.6 Å². The van der Waals surface area contributed by atoms with Crippen LogP contribution in [-0.2, 0) is 4.79 Å². The predicted molar refractivity (Wildman–Crippen MR) is 53.5 cm³/mol. The van der Waals surface area contributed by atoms with Gasteiger partial charge in [-0.05, 0) is 24.7 Å². The molecule has 2 N–H and O–H groups in total. The minimum Gasteiger partial charge on any atom is -0.355 e. The van der Waals surface area contributed by atoms with E-state index in [-0.39, 0.29) is 5.91 Å². The fourth-order valence-corrected chi connectivity index (χ4v) is 1.19. The average molecular weight is 184 g/mol. The first-order valence-corrected chi connectivity index (χ1v) is 5.14. The van der Waals surface area contributed by atoms with Crippen molar-refractivity contribution in [3.05, 3.63) is 0 Å². The van der Waals surface area contributed by atoms with E-state index in [1.165, 1.54) is 12.8 Å². The molecule has 0 saturated heterocycles. The van der Waals surface area contributed by atoms with Crippen molar-refractivity contribution in [2.24, 2.45) is 5.41 Å². The molecule has 0 bridgehead atoms. The molecular formula is C10H20N2O. The van der Waals surface area contributed by atoms with Crippen molar-refractivity contribution in [2.45, 2.75) is 33.1 Å². The Bertz CT molecular complexity index is 176. The van der Waals surface area contributed by atoms with Crippen LogP contribution in [0, 0.1) is 5.41 Å². The van der Waals surface area contributed by atoms with Crippen LogP contribution >= 0.6 is 0 Å². The third kappa shape index (κ3) is 4.27. The molecule has 1 saturated carbocycles. The number of hydrogen-bond acceptors (Lipinski definition) is 2. The number of rotatable bonds is 6. The molecule has 3 heteroatoms. The molecule has 1 amide bonds. The summed E-state index contributed by atoms with van der Waals surface area (Å²) in [6.07, 6.45) is 3.61. The lowest BCUT2D eigenvalue weighted by atomic mass is 10.1. The second-order valence-corrected chi connectivity index (χ2v) is 4.26. The molecule has 76 valence electrons. The Kier molecular flexibility index (Phi) is 3.72. The van der Waals surface area contributed by atoms with E-state index < -0.39 is 0 Å². The maximum absolute atomic E-state index is 11.1. The van der Waals surface area contributed by atoms with Gasteiger partial charge in [0.15, 0.2) is 0 Å². The van der Waals surface area contributed by atoms with E-state index in [0.29, 0.717) is 12.0 Å². The Labute approximate surface area is 80.3 Å². The van der Waals surface area contributed by atoms with E-state index in [1.54, 1.807) is 0 Å². The van der Waals surface area contributed by atoms with Gasteiger partial charge >= 0.3 is 0 Å². The van der Waals surface area contributed by atoms with Gasteiger partial charge in [-0.25, -0.2) is 0 Å². The molecule has 0 aromatic rings. The Morgan fingerprint density at radius 3 is 2.69 bits per heavy atom. The summed E-state index contributed by atoms with van der Waals surface area (Å²) in [5.74, 6) is 0.117. The van der Waals surface area contributed by atoms with E-state index in [2.05, 4.69) is 24.5 Å². The van der Waals surface area contributed by atoms with Crippen LogP contribution in [0.25, 0.3) is 0 Å². The third-order valence-corrected chi connectivity index (χ3v) is 2.51. The predicted octanol–water partition coefficient (Wildman–Crippen LogP) is 0.902. The molecule has 13 heavy (non-hydrogen) atoms. The zero-order valence-electron chi connectivity index (χ0n) is 8.65. The summed E-state index contributed by atoms with van der Waals surface area (Å²) >= 11 is 0. The van der Waals surface area contributed by atoms with Gasteiger partial charge in [0, 0.05) is 13.1 Å². The van der Waals surface area contributed by atoms with E-state index in [0.717, 1.165) is 19.5 Å². The first kappa shape index (κ1) is 10.5.